The molecule has 90 valence electrons. The molecule has 1 aromatic rings. The first-order valence-corrected chi connectivity index (χ1v) is 6.13. The Bertz CT molecular complexity index is 339. The maximum absolute atomic E-state index is 13.9. The first-order chi connectivity index (χ1) is 7.57. The smallest absolute Gasteiger partial charge is 0.146 e. The van der Waals surface area contributed by atoms with Crippen molar-refractivity contribution < 1.29 is 4.39 Å². The van der Waals surface area contributed by atoms with Crippen molar-refractivity contribution in [3.8, 4) is 0 Å². The first-order valence-electron chi connectivity index (χ1n) is 5.75. The molecule has 0 bridgehead atoms. The fourth-order valence-electron chi connectivity index (χ4n) is 1.77. The van der Waals surface area contributed by atoms with Crippen LogP contribution in [-0.4, -0.2) is 6.54 Å². The molecular weight excluding hydrogens is 225 g/mol. The number of halogens is 2. The van der Waals surface area contributed by atoms with Gasteiger partial charge >= 0.3 is 0 Å². The molecule has 0 aromatic heterocycles. The zero-order chi connectivity index (χ0) is 12.1. The lowest BCUT2D eigenvalue weighted by atomic mass is 9.95. The molecule has 0 amide bonds. The van der Waals surface area contributed by atoms with E-state index in [9.17, 15) is 4.39 Å². The summed E-state index contributed by atoms with van der Waals surface area (Å²) in [5.74, 6) is 0.0333. The predicted octanol–water partition coefficient (Wildman–Crippen LogP) is 4.18. The van der Waals surface area contributed by atoms with Crippen LogP contribution in [0.5, 0.6) is 0 Å². The van der Waals surface area contributed by atoms with Crippen molar-refractivity contribution >= 4 is 11.6 Å². The van der Waals surface area contributed by atoms with Crippen molar-refractivity contribution in [2.75, 3.05) is 6.54 Å². The van der Waals surface area contributed by atoms with Gasteiger partial charge in [0, 0.05) is 11.6 Å². The second kappa shape index (κ2) is 6.21. The number of nitrogens with one attached hydrogen (secondary N) is 1. The molecule has 1 N–H and O–H groups in total. The Morgan fingerprint density at radius 3 is 2.62 bits per heavy atom. The molecule has 0 spiro atoms. The number of rotatable bonds is 5. The largest absolute Gasteiger partial charge is 0.310 e. The highest BCUT2D eigenvalue weighted by Gasteiger charge is 2.19. The van der Waals surface area contributed by atoms with Gasteiger partial charge in [0.15, 0.2) is 0 Å². The highest BCUT2D eigenvalue weighted by Crippen LogP contribution is 2.27. The molecule has 16 heavy (non-hydrogen) atoms. The lowest BCUT2D eigenvalue weighted by molar-refractivity contribution is 0.398. The molecule has 1 atom stereocenters. The maximum Gasteiger partial charge on any atom is 0.146 e. The fourth-order valence-corrected chi connectivity index (χ4v) is 1.95. The summed E-state index contributed by atoms with van der Waals surface area (Å²) < 4.78 is 13.9. The van der Waals surface area contributed by atoms with Gasteiger partial charge in [-0.2, -0.15) is 0 Å². The van der Waals surface area contributed by atoms with Crippen molar-refractivity contribution in [2.45, 2.75) is 33.2 Å². The minimum absolute atomic E-state index is 0.0265. The van der Waals surface area contributed by atoms with Gasteiger partial charge in [0.25, 0.3) is 0 Å². The van der Waals surface area contributed by atoms with E-state index in [0.717, 1.165) is 13.0 Å². The van der Waals surface area contributed by atoms with Crippen LogP contribution in [0.4, 0.5) is 4.39 Å². The summed E-state index contributed by atoms with van der Waals surface area (Å²) >= 11 is 5.79. The Labute approximate surface area is 102 Å². The van der Waals surface area contributed by atoms with Gasteiger partial charge in [0.2, 0.25) is 0 Å². The van der Waals surface area contributed by atoms with Crippen molar-refractivity contribution in [3.05, 3.63) is 34.6 Å². The van der Waals surface area contributed by atoms with Gasteiger partial charge in [-0.1, -0.05) is 44.5 Å². The minimum Gasteiger partial charge on any atom is -0.310 e. The van der Waals surface area contributed by atoms with Crippen LogP contribution in [0.3, 0.4) is 0 Å². The van der Waals surface area contributed by atoms with Crippen LogP contribution in [0.2, 0.25) is 5.02 Å². The molecule has 0 saturated heterocycles. The molecule has 0 fully saturated rings. The van der Waals surface area contributed by atoms with Crippen molar-refractivity contribution in [3.63, 3.8) is 0 Å². The molecule has 3 heteroatoms. The van der Waals surface area contributed by atoms with Gasteiger partial charge < -0.3 is 5.32 Å². The number of hydrogen-bond acceptors (Lipinski definition) is 1. The lowest BCUT2D eigenvalue weighted by Crippen LogP contribution is -2.27. The van der Waals surface area contributed by atoms with Crippen LogP contribution in [0.1, 0.15) is 38.8 Å². The summed E-state index contributed by atoms with van der Waals surface area (Å²) in [6.45, 7) is 7.13. The molecular formula is C13H19ClFN. The molecule has 0 radical (unpaired) electrons. The standard InChI is InChI=1S/C13H19ClFN/c1-4-8-16-13(9(2)3)10-6-5-7-11(14)12(10)15/h5-7,9,13,16H,4,8H2,1-3H3. The first kappa shape index (κ1) is 13.5. The molecule has 1 unspecified atom stereocenters. The second-order valence-corrected chi connectivity index (χ2v) is 4.73. The SMILES string of the molecule is CCCNC(c1cccc(Cl)c1F)C(C)C. The van der Waals surface area contributed by atoms with Gasteiger partial charge in [-0.25, -0.2) is 4.39 Å². The van der Waals surface area contributed by atoms with E-state index in [-0.39, 0.29) is 16.9 Å². The monoisotopic (exact) mass is 243 g/mol. The van der Waals surface area contributed by atoms with E-state index >= 15 is 0 Å². The van der Waals surface area contributed by atoms with Crippen molar-refractivity contribution in [1.82, 2.24) is 5.32 Å². The lowest BCUT2D eigenvalue weighted by Gasteiger charge is -2.23. The molecule has 0 aliphatic rings. The van der Waals surface area contributed by atoms with E-state index in [4.69, 9.17) is 11.6 Å². The Hall–Kier alpha value is -0.600. The van der Waals surface area contributed by atoms with E-state index in [1.54, 1.807) is 18.2 Å². The van der Waals surface area contributed by atoms with E-state index in [1.165, 1.54) is 0 Å². The molecule has 1 nitrogen and oxygen atoms in total. The summed E-state index contributed by atoms with van der Waals surface area (Å²) in [6.07, 6.45) is 1.03. The Morgan fingerprint density at radius 2 is 2.06 bits per heavy atom. The average molecular weight is 244 g/mol. The quantitative estimate of drug-likeness (QED) is 0.818. The van der Waals surface area contributed by atoms with Gasteiger partial charge in [0.1, 0.15) is 5.82 Å². The minimum atomic E-state index is -0.300. The Balaban J connectivity index is 2.96. The van der Waals surface area contributed by atoms with E-state index in [2.05, 4.69) is 26.1 Å². The van der Waals surface area contributed by atoms with Crippen LogP contribution in [-0.2, 0) is 0 Å². The van der Waals surface area contributed by atoms with Crippen LogP contribution in [0, 0.1) is 11.7 Å². The zero-order valence-electron chi connectivity index (χ0n) is 10.1. The highest BCUT2D eigenvalue weighted by atomic mass is 35.5. The molecule has 0 aliphatic carbocycles. The van der Waals surface area contributed by atoms with Crippen LogP contribution < -0.4 is 5.32 Å². The number of hydrogen-bond donors (Lipinski definition) is 1. The summed E-state index contributed by atoms with van der Waals surface area (Å²) in [4.78, 5) is 0. The normalized spacial score (nSPS) is 13.1. The fraction of sp³-hybridized carbons (Fsp3) is 0.538. The third-order valence-electron chi connectivity index (χ3n) is 2.60. The predicted molar refractivity (Wildman–Crippen MR) is 67.3 cm³/mol. The van der Waals surface area contributed by atoms with Crippen LogP contribution >= 0.6 is 11.6 Å². The third-order valence-corrected chi connectivity index (χ3v) is 2.89. The van der Waals surface area contributed by atoms with E-state index in [1.807, 2.05) is 0 Å². The third kappa shape index (κ3) is 3.19. The van der Waals surface area contributed by atoms with E-state index < -0.39 is 0 Å². The molecule has 1 rings (SSSR count). The van der Waals surface area contributed by atoms with Gasteiger partial charge in [-0.3, -0.25) is 0 Å². The summed E-state index contributed by atoms with van der Waals surface area (Å²) in [5.41, 5.74) is 0.663. The molecule has 0 saturated carbocycles. The second-order valence-electron chi connectivity index (χ2n) is 4.32. The summed E-state index contributed by atoms with van der Waals surface area (Å²) in [5, 5.41) is 3.55. The summed E-state index contributed by atoms with van der Waals surface area (Å²) in [7, 11) is 0. The Morgan fingerprint density at radius 1 is 1.38 bits per heavy atom. The Kier molecular flexibility index (Phi) is 5.23. The van der Waals surface area contributed by atoms with Gasteiger partial charge in [-0.15, -0.1) is 0 Å². The average Bonchev–Trinajstić information content (AvgIpc) is 2.24. The van der Waals surface area contributed by atoms with Gasteiger partial charge in [-0.05, 0) is 24.9 Å². The maximum atomic E-state index is 13.9. The van der Waals surface area contributed by atoms with Crippen LogP contribution in [0.25, 0.3) is 0 Å². The zero-order valence-corrected chi connectivity index (χ0v) is 10.8. The van der Waals surface area contributed by atoms with Crippen molar-refractivity contribution in [2.24, 2.45) is 5.92 Å². The van der Waals surface area contributed by atoms with E-state index in [0.29, 0.717) is 11.5 Å². The van der Waals surface area contributed by atoms with Gasteiger partial charge in [0.05, 0.1) is 5.02 Å². The topological polar surface area (TPSA) is 12.0 Å². The van der Waals surface area contributed by atoms with Crippen molar-refractivity contribution in [1.29, 1.82) is 0 Å². The summed E-state index contributed by atoms with van der Waals surface area (Å²) in [6, 6.07) is 5.20. The number of benzene rings is 1. The highest BCUT2D eigenvalue weighted by molar-refractivity contribution is 6.30. The van der Waals surface area contributed by atoms with Crippen LogP contribution in [0.15, 0.2) is 18.2 Å². The molecule has 0 heterocycles. The molecule has 0 aliphatic heterocycles. The molecule has 1 aromatic carbocycles.